The highest BCUT2D eigenvalue weighted by Gasteiger charge is 2.28. The van der Waals surface area contributed by atoms with Gasteiger partial charge in [-0.25, -0.2) is 8.78 Å². The summed E-state index contributed by atoms with van der Waals surface area (Å²) in [4.78, 5) is 17.2. The number of carbonyl (C=O) groups is 1. The summed E-state index contributed by atoms with van der Waals surface area (Å²) in [5.74, 6) is -0.641. The molecule has 124 valence electrons. The van der Waals surface area contributed by atoms with Gasteiger partial charge in [0.15, 0.2) is 0 Å². The smallest absolute Gasteiger partial charge is 0.270 e. The van der Waals surface area contributed by atoms with E-state index in [4.69, 9.17) is 28.9 Å². The highest BCUT2D eigenvalue weighted by molar-refractivity contribution is 6.69. The van der Waals surface area contributed by atoms with Crippen molar-refractivity contribution in [3.63, 3.8) is 0 Å². The average Bonchev–Trinajstić information content (AvgIpc) is 2.50. The molecule has 0 aromatic heterocycles. The minimum absolute atomic E-state index is 0.104. The number of nitrogens with two attached hydrogens (primary N) is 1. The lowest BCUT2D eigenvalue weighted by Gasteiger charge is -2.28. The van der Waals surface area contributed by atoms with Gasteiger partial charge in [-0.2, -0.15) is 0 Å². The molecule has 1 aromatic rings. The first-order valence-electron chi connectivity index (χ1n) is 6.90. The summed E-state index contributed by atoms with van der Waals surface area (Å²) in [7, 11) is 0. The third kappa shape index (κ3) is 4.42. The fourth-order valence-electron chi connectivity index (χ4n) is 2.21. The molecule has 0 atom stereocenters. The lowest BCUT2D eigenvalue weighted by atomic mass is 10.1. The van der Waals surface area contributed by atoms with Crippen LogP contribution in [0, 0.1) is 0 Å². The zero-order chi connectivity index (χ0) is 17.0. The van der Waals surface area contributed by atoms with Gasteiger partial charge in [-0.05, 0) is 18.1 Å². The van der Waals surface area contributed by atoms with Gasteiger partial charge in [-0.3, -0.25) is 9.79 Å². The maximum absolute atomic E-state index is 12.4. The van der Waals surface area contributed by atoms with Crippen LogP contribution in [0.4, 0.5) is 8.78 Å². The van der Waals surface area contributed by atoms with Crippen molar-refractivity contribution in [2.24, 2.45) is 10.7 Å². The molecule has 1 aliphatic rings. The number of alkyl halides is 2. The van der Waals surface area contributed by atoms with Crippen molar-refractivity contribution in [1.29, 1.82) is 0 Å². The molecular weight excluding hydrogens is 347 g/mol. The normalized spacial score (nSPS) is 16.5. The predicted molar refractivity (Wildman–Crippen MR) is 86.9 cm³/mol. The van der Waals surface area contributed by atoms with Crippen molar-refractivity contribution in [1.82, 2.24) is 4.90 Å². The van der Waals surface area contributed by atoms with Gasteiger partial charge in [0.05, 0.1) is 13.1 Å². The molecule has 2 rings (SSSR count). The Bertz CT molecular complexity index is 662. The molecule has 8 heteroatoms. The van der Waals surface area contributed by atoms with Crippen LogP contribution in [0.25, 0.3) is 0 Å². The molecule has 0 spiro atoms. The topological polar surface area (TPSA) is 58.7 Å². The van der Waals surface area contributed by atoms with Gasteiger partial charge in [-0.15, -0.1) is 0 Å². The Kier molecular flexibility index (Phi) is 5.96. The van der Waals surface area contributed by atoms with E-state index in [-0.39, 0.29) is 30.4 Å². The van der Waals surface area contributed by atoms with E-state index in [0.29, 0.717) is 10.6 Å². The lowest BCUT2D eigenvalue weighted by molar-refractivity contribution is -0.129. The Morgan fingerprint density at radius 2 is 2.09 bits per heavy atom. The Balaban J connectivity index is 2.14. The van der Waals surface area contributed by atoms with Crippen LogP contribution < -0.4 is 5.73 Å². The molecule has 0 saturated heterocycles. The molecule has 23 heavy (non-hydrogen) atoms. The average molecular weight is 362 g/mol. The Morgan fingerprint density at radius 3 is 2.74 bits per heavy atom. The molecule has 0 saturated carbocycles. The number of hydrogen-bond donors (Lipinski definition) is 1. The number of halogens is 4. The van der Waals surface area contributed by atoms with E-state index < -0.39 is 18.9 Å². The zero-order valence-corrected chi connectivity index (χ0v) is 13.6. The second kappa shape index (κ2) is 7.75. The molecule has 1 aliphatic heterocycles. The van der Waals surface area contributed by atoms with Crippen LogP contribution in [-0.2, 0) is 11.3 Å². The van der Waals surface area contributed by atoms with Crippen LogP contribution >= 0.6 is 23.2 Å². The van der Waals surface area contributed by atoms with Gasteiger partial charge in [0, 0.05) is 17.1 Å². The molecule has 0 unspecified atom stereocenters. The second-order valence-corrected chi connectivity index (χ2v) is 5.75. The first-order valence-corrected chi connectivity index (χ1v) is 7.65. The molecule has 1 heterocycles. The summed E-state index contributed by atoms with van der Waals surface area (Å²) in [6.07, 6.45) is -2.31. The minimum Gasteiger partial charge on any atom is -0.394 e. The van der Waals surface area contributed by atoms with Crippen LogP contribution in [0.5, 0.6) is 0 Å². The van der Waals surface area contributed by atoms with Crippen molar-refractivity contribution in [3.05, 3.63) is 46.1 Å². The molecule has 0 aliphatic carbocycles. The first kappa shape index (κ1) is 17.7. The summed E-state index contributed by atoms with van der Waals surface area (Å²) in [5, 5.41) is 0.665. The molecule has 0 fully saturated rings. The highest BCUT2D eigenvalue weighted by atomic mass is 35.5. The largest absolute Gasteiger partial charge is 0.394 e. The number of nitrogens with zero attached hydrogens (tertiary/aromatic N) is 2. The second-order valence-electron chi connectivity index (χ2n) is 4.98. The van der Waals surface area contributed by atoms with Crippen LogP contribution in [0.1, 0.15) is 12.0 Å². The van der Waals surface area contributed by atoms with Gasteiger partial charge in [0.1, 0.15) is 10.9 Å². The van der Waals surface area contributed by atoms with E-state index in [1.54, 1.807) is 12.1 Å². The van der Waals surface area contributed by atoms with Gasteiger partial charge in [0.25, 0.3) is 12.3 Å². The number of carbonyl (C=O) groups excluding carboxylic acids is 1. The van der Waals surface area contributed by atoms with E-state index in [9.17, 15) is 13.6 Å². The Labute approximate surface area is 142 Å². The van der Waals surface area contributed by atoms with E-state index in [0.717, 1.165) is 10.5 Å². The van der Waals surface area contributed by atoms with Crippen LogP contribution in [-0.4, -0.2) is 35.5 Å². The molecule has 0 bridgehead atoms. The number of amides is 1. The number of hydrogen-bond acceptors (Lipinski definition) is 3. The Morgan fingerprint density at radius 1 is 1.39 bits per heavy atom. The van der Waals surface area contributed by atoms with Gasteiger partial charge in [-0.1, -0.05) is 41.4 Å². The number of benzene rings is 1. The van der Waals surface area contributed by atoms with Gasteiger partial charge < -0.3 is 10.6 Å². The van der Waals surface area contributed by atoms with E-state index >= 15 is 0 Å². The Hall–Kier alpha value is -1.66. The molecule has 1 aromatic carbocycles. The van der Waals surface area contributed by atoms with Crippen LogP contribution in [0.3, 0.4) is 0 Å². The summed E-state index contributed by atoms with van der Waals surface area (Å²) in [5.41, 5.74) is 6.77. The van der Waals surface area contributed by atoms with E-state index in [1.807, 2.05) is 12.1 Å². The maximum Gasteiger partial charge on any atom is 0.270 e. The third-order valence-corrected chi connectivity index (χ3v) is 4.14. The van der Waals surface area contributed by atoms with Crippen molar-refractivity contribution in [2.45, 2.75) is 19.4 Å². The van der Waals surface area contributed by atoms with Crippen molar-refractivity contribution < 1.29 is 13.6 Å². The third-order valence-electron chi connectivity index (χ3n) is 3.43. The summed E-state index contributed by atoms with van der Waals surface area (Å²) in [6, 6.07) is 7.17. The van der Waals surface area contributed by atoms with Crippen molar-refractivity contribution >= 4 is 34.3 Å². The van der Waals surface area contributed by atoms with Crippen molar-refractivity contribution in [3.8, 4) is 0 Å². The first-order chi connectivity index (χ1) is 10.9. The fraction of sp³-hybridized carbons (Fsp3) is 0.333. The molecule has 0 radical (unpaired) electrons. The number of aliphatic imine (C=N–C) groups is 1. The summed E-state index contributed by atoms with van der Waals surface area (Å²) < 4.78 is 24.8. The monoisotopic (exact) mass is 361 g/mol. The molecule has 2 N–H and O–H groups in total. The maximum atomic E-state index is 12.4. The van der Waals surface area contributed by atoms with Gasteiger partial charge >= 0.3 is 0 Å². The molecule has 4 nitrogen and oxygen atoms in total. The standard InChI is InChI=1S/C15H15Cl2F2N3O/c16-11-4-2-1-3-9(11)7-21-14(17)10-5-6-22(8-12(18)19)15(23)13(10)20/h1-4,12H,5-8,20H2. The van der Waals surface area contributed by atoms with E-state index in [1.165, 1.54) is 0 Å². The summed E-state index contributed by atoms with van der Waals surface area (Å²) >= 11 is 12.2. The predicted octanol–water partition coefficient (Wildman–Crippen LogP) is 3.19. The lowest BCUT2D eigenvalue weighted by Crippen LogP contribution is -2.43. The SMILES string of the molecule is NC1=C(C(Cl)=NCc2ccccc2Cl)CCN(CC(F)F)C1=O. The summed E-state index contributed by atoms with van der Waals surface area (Å²) in [6.45, 7) is -0.261. The van der Waals surface area contributed by atoms with Crippen molar-refractivity contribution in [2.75, 3.05) is 13.1 Å². The number of rotatable bonds is 5. The molecular formula is C15H15Cl2F2N3O. The fourth-order valence-corrected chi connectivity index (χ4v) is 2.67. The minimum atomic E-state index is -2.60. The van der Waals surface area contributed by atoms with E-state index in [2.05, 4.69) is 4.99 Å². The quantitative estimate of drug-likeness (QED) is 0.818. The van der Waals surface area contributed by atoms with Crippen LogP contribution in [0.15, 0.2) is 40.5 Å². The highest BCUT2D eigenvalue weighted by Crippen LogP contribution is 2.22. The molecule has 1 amide bonds. The zero-order valence-electron chi connectivity index (χ0n) is 12.1. The van der Waals surface area contributed by atoms with Crippen LogP contribution in [0.2, 0.25) is 5.02 Å². The van der Waals surface area contributed by atoms with Gasteiger partial charge in [0.2, 0.25) is 0 Å².